The minimum Gasteiger partial charge on any atom is -0.507 e. The molecule has 3 nitrogen and oxygen atoms in total. The van der Waals surface area contributed by atoms with Gasteiger partial charge in [-0.1, -0.05) is 28.1 Å². The molecular weight excluding hydrogens is 258 g/mol. The van der Waals surface area contributed by atoms with E-state index in [1.165, 1.54) is 6.07 Å². The lowest BCUT2D eigenvalue weighted by Crippen LogP contribution is -2.32. The molecule has 0 radical (unpaired) electrons. The van der Waals surface area contributed by atoms with Gasteiger partial charge >= 0.3 is 0 Å². The molecular formula is C11H14BrNO2. The molecule has 0 aromatic heterocycles. The van der Waals surface area contributed by atoms with Crippen LogP contribution in [0.3, 0.4) is 0 Å². The van der Waals surface area contributed by atoms with Crippen LogP contribution < -0.4 is 5.32 Å². The van der Waals surface area contributed by atoms with E-state index in [2.05, 4.69) is 21.2 Å². The van der Waals surface area contributed by atoms with Crippen molar-refractivity contribution in [1.29, 1.82) is 0 Å². The standard InChI is InChI=1S/C11H14BrNO2/c1-8(6-7-12)13-11(15)9-4-2-3-5-10(9)14/h2-5,8,14H,6-7H2,1H3,(H,13,15). The van der Waals surface area contributed by atoms with Gasteiger partial charge in [0, 0.05) is 11.4 Å². The second kappa shape index (κ2) is 5.75. The summed E-state index contributed by atoms with van der Waals surface area (Å²) in [5.74, 6) is -0.220. The van der Waals surface area contributed by atoms with Crippen molar-refractivity contribution in [2.45, 2.75) is 19.4 Å². The van der Waals surface area contributed by atoms with Gasteiger partial charge in [-0.15, -0.1) is 0 Å². The third kappa shape index (κ3) is 3.55. The largest absolute Gasteiger partial charge is 0.507 e. The Kier molecular flexibility index (Phi) is 4.62. The molecule has 0 aliphatic carbocycles. The summed E-state index contributed by atoms with van der Waals surface area (Å²) < 4.78 is 0. The minimum atomic E-state index is -0.235. The number of benzene rings is 1. The number of hydrogen-bond donors (Lipinski definition) is 2. The zero-order valence-electron chi connectivity index (χ0n) is 8.53. The third-order valence-electron chi connectivity index (χ3n) is 2.07. The van der Waals surface area contributed by atoms with Crippen molar-refractivity contribution in [2.24, 2.45) is 0 Å². The van der Waals surface area contributed by atoms with Crippen LogP contribution in [-0.2, 0) is 0 Å². The molecule has 0 spiro atoms. The van der Waals surface area contributed by atoms with Crippen molar-refractivity contribution in [3.63, 3.8) is 0 Å². The molecule has 0 aliphatic rings. The van der Waals surface area contributed by atoms with Crippen molar-refractivity contribution in [1.82, 2.24) is 5.32 Å². The number of alkyl halides is 1. The molecule has 2 N–H and O–H groups in total. The molecule has 0 heterocycles. The van der Waals surface area contributed by atoms with Crippen LogP contribution in [0.2, 0.25) is 0 Å². The Morgan fingerprint density at radius 2 is 2.20 bits per heavy atom. The number of amides is 1. The highest BCUT2D eigenvalue weighted by Gasteiger charge is 2.12. The summed E-state index contributed by atoms with van der Waals surface area (Å²) in [5.41, 5.74) is 0.318. The molecule has 1 amide bonds. The van der Waals surface area contributed by atoms with E-state index in [1.807, 2.05) is 6.92 Å². The van der Waals surface area contributed by atoms with Gasteiger partial charge in [-0.3, -0.25) is 4.79 Å². The normalized spacial score (nSPS) is 12.1. The molecule has 1 aromatic carbocycles. The van der Waals surface area contributed by atoms with Crippen LogP contribution in [0.4, 0.5) is 0 Å². The smallest absolute Gasteiger partial charge is 0.255 e. The first-order valence-corrected chi connectivity index (χ1v) is 5.92. The van der Waals surface area contributed by atoms with E-state index in [4.69, 9.17) is 0 Å². The number of rotatable bonds is 4. The number of aromatic hydroxyl groups is 1. The van der Waals surface area contributed by atoms with Crippen LogP contribution in [0.25, 0.3) is 0 Å². The Morgan fingerprint density at radius 1 is 1.53 bits per heavy atom. The van der Waals surface area contributed by atoms with E-state index in [0.29, 0.717) is 5.56 Å². The van der Waals surface area contributed by atoms with Crippen LogP contribution in [0.5, 0.6) is 5.75 Å². The fourth-order valence-electron chi connectivity index (χ4n) is 1.20. The maximum absolute atomic E-state index is 11.7. The molecule has 1 atom stereocenters. The highest BCUT2D eigenvalue weighted by Crippen LogP contribution is 2.15. The summed E-state index contributed by atoms with van der Waals surface area (Å²) in [6, 6.07) is 6.62. The Labute approximate surface area is 97.6 Å². The zero-order valence-corrected chi connectivity index (χ0v) is 10.1. The molecule has 1 aromatic rings. The Hall–Kier alpha value is -1.03. The van der Waals surface area contributed by atoms with Crippen molar-refractivity contribution in [3.05, 3.63) is 29.8 Å². The van der Waals surface area contributed by atoms with Crippen molar-refractivity contribution in [3.8, 4) is 5.75 Å². The first-order valence-electron chi connectivity index (χ1n) is 4.80. The van der Waals surface area contributed by atoms with Gasteiger partial charge in [0.2, 0.25) is 0 Å². The average Bonchev–Trinajstić information content (AvgIpc) is 2.18. The van der Waals surface area contributed by atoms with Crippen molar-refractivity contribution in [2.75, 3.05) is 5.33 Å². The minimum absolute atomic E-state index is 0.0149. The van der Waals surface area contributed by atoms with Gasteiger partial charge in [0.15, 0.2) is 0 Å². The van der Waals surface area contributed by atoms with Crippen LogP contribution in [0, 0.1) is 0 Å². The number of hydrogen-bond acceptors (Lipinski definition) is 2. The second-order valence-electron chi connectivity index (χ2n) is 3.37. The molecule has 0 bridgehead atoms. The van der Waals surface area contributed by atoms with Gasteiger partial charge in [0.05, 0.1) is 5.56 Å². The predicted octanol–water partition coefficient (Wildman–Crippen LogP) is 2.30. The zero-order chi connectivity index (χ0) is 11.3. The van der Waals surface area contributed by atoms with E-state index < -0.39 is 0 Å². The predicted molar refractivity (Wildman–Crippen MR) is 63.4 cm³/mol. The first-order chi connectivity index (χ1) is 7.15. The Bertz CT molecular complexity index is 341. The van der Waals surface area contributed by atoms with Crippen LogP contribution in [0.1, 0.15) is 23.7 Å². The fourth-order valence-corrected chi connectivity index (χ4v) is 1.89. The number of phenols is 1. The van der Waals surface area contributed by atoms with Gasteiger partial charge in [0.25, 0.3) is 5.91 Å². The number of nitrogens with one attached hydrogen (secondary N) is 1. The molecule has 0 saturated carbocycles. The summed E-state index contributed by atoms with van der Waals surface area (Å²) >= 11 is 3.31. The highest BCUT2D eigenvalue weighted by molar-refractivity contribution is 9.09. The van der Waals surface area contributed by atoms with E-state index >= 15 is 0 Å². The second-order valence-corrected chi connectivity index (χ2v) is 4.16. The summed E-state index contributed by atoms with van der Waals surface area (Å²) in [5, 5.41) is 13.1. The summed E-state index contributed by atoms with van der Waals surface area (Å²) in [6.07, 6.45) is 0.860. The Balaban J connectivity index is 2.65. The lowest BCUT2D eigenvalue weighted by atomic mass is 10.1. The molecule has 15 heavy (non-hydrogen) atoms. The molecule has 0 fully saturated rings. The maximum Gasteiger partial charge on any atom is 0.255 e. The number of carbonyl (C=O) groups is 1. The molecule has 1 rings (SSSR count). The van der Waals surface area contributed by atoms with E-state index in [9.17, 15) is 9.90 Å². The first kappa shape index (κ1) is 12.0. The monoisotopic (exact) mass is 271 g/mol. The lowest BCUT2D eigenvalue weighted by molar-refractivity contribution is 0.0937. The van der Waals surface area contributed by atoms with Gasteiger partial charge < -0.3 is 10.4 Å². The quantitative estimate of drug-likeness (QED) is 0.826. The summed E-state index contributed by atoms with van der Waals surface area (Å²) in [6.45, 7) is 1.93. The number of para-hydroxylation sites is 1. The van der Waals surface area contributed by atoms with E-state index in [1.54, 1.807) is 18.2 Å². The Morgan fingerprint density at radius 3 is 2.80 bits per heavy atom. The number of halogens is 1. The topological polar surface area (TPSA) is 49.3 Å². The fraction of sp³-hybridized carbons (Fsp3) is 0.364. The molecule has 4 heteroatoms. The van der Waals surface area contributed by atoms with E-state index in [-0.39, 0.29) is 17.7 Å². The van der Waals surface area contributed by atoms with Gasteiger partial charge in [0.1, 0.15) is 5.75 Å². The summed E-state index contributed by atoms with van der Waals surface area (Å²) in [7, 11) is 0. The third-order valence-corrected chi connectivity index (χ3v) is 2.53. The summed E-state index contributed by atoms with van der Waals surface area (Å²) in [4.78, 5) is 11.7. The van der Waals surface area contributed by atoms with Crippen molar-refractivity contribution >= 4 is 21.8 Å². The molecule has 0 aliphatic heterocycles. The van der Waals surface area contributed by atoms with Gasteiger partial charge in [-0.2, -0.15) is 0 Å². The van der Waals surface area contributed by atoms with Crippen LogP contribution in [-0.4, -0.2) is 22.4 Å². The van der Waals surface area contributed by atoms with Crippen LogP contribution >= 0.6 is 15.9 Å². The maximum atomic E-state index is 11.7. The highest BCUT2D eigenvalue weighted by atomic mass is 79.9. The molecule has 1 unspecified atom stereocenters. The lowest BCUT2D eigenvalue weighted by Gasteiger charge is -2.12. The van der Waals surface area contributed by atoms with Gasteiger partial charge in [-0.05, 0) is 25.5 Å². The molecule has 82 valence electrons. The number of phenolic OH excluding ortho intramolecular Hbond substituents is 1. The average molecular weight is 272 g/mol. The van der Waals surface area contributed by atoms with E-state index in [0.717, 1.165) is 11.8 Å². The molecule has 0 saturated heterocycles. The number of carbonyl (C=O) groups excluding carboxylic acids is 1. The SMILES string of the molecule is CC(CCBr)NC(=O)c1ccccc1O. The van der Waals surface area contributed by atoms with Gasteiger partial charge in [-0.25, -0.2) is 0 Å². The van der Waals surface area contributed by atoms with Crippen LogP contribution in [0.15, 0.2) is 24.3 Å². The van der Waals surface area contributed by atoms with Crippen molar-refractivity contribution < 1.29 is 9.90 Å².